The fraction of sp³-hybridized carbons (Fsp3) is 0.333. The molecule has 0 atom stereocenters. The fourth-order valence-electron chi connectivity index (χ4n) is 1.84. The van der Waals surface area contributed by atoms with Gasteiger partial charge in [-0.25, -0.2) is 9.97 Å². The highest BCUT2D eigenvalue weighted by atomic mass is 16.5. The number of aromatic nitrogens is 2. The van der Waals surface area contributed by atoms with Crippen molar-refractivity contribution in [3.05, 3.63) is 36.0 Å². The maximum Gasteiger partial charge on any atom is 0.161 e. The van der Waals surface area contributed by atoms with Crippen molar-refractivity contribution in [2.24, 2.45) is 0 Å². The number of phenols is 1. The Morgan fingerprint density at radius 2 is 2.10 bits per heavy atom. The van der Waals surface area contributed by atoms with Crippen LogP contribution < -0.4 is 5.32 Å². The lowest BCUT2D eigenvalue weighted by molar-refractivity contribution is 0.181. The Bertz CT molecular complexity index is 573. The van der Waals surface area contributed by atoms with Gasteiger partial charge >= 0.3 is 0 Å². The highest BCUT2D eigenvalue weighted by molar-refractivity contribution is 5.59. The lowest BCUT2D eigenvalue weighted by Gasteiger charge is -2.09. The predicted molar refractivity (Wildman–Crippen MR) is 78.6 cm³/mol. The van der Waals surface area contributed by atoms with Crippen LogP contribution >= 0.6 is 0 Å². The van der Waals surface area contributed by atoms with Gasteiger partial charge in [-0.05, 0) is 18.6 Å². The van der Waals surface area contributed by atoms with Gasteiger partial charge in [0.1, 0.15) is 11.6 Å². The zero-order valence-corrected chi connectivity index (χ0v) is 11.8. The number of hydrogen-bond acceptors (Lipinski definition) is 5. The third-order valence-corrected chi connectivity index (χ3v) is 2.73. The van der Waals surface area contributed by atoms with Crippen LogP contribution in [0.3, 0.4) is 0 Å². The number of phenolic OH excluding ortho intramolecular Hbond substituents is 1. The van der Waals surface area contributed by atoms with E-state index in [2.05, 4.69) is 22.2 Å². The normalized spacial score (nSPS) is 10.5. The molecule has 1 aromatic heterocycles. The van der Waals surface area contributed by atoms with Crippen molar-refractivity contribution in [1.82, 2.24) is 9.97 Å². The van der Waals surface area contributed by atoms with E-state index in [1.807, 2.05) is 12.1 Å². The van der Waals surface area contributed by atoms with E-state index < -0.39 is 0 Å². The standard InChI is InChI=1S/C15H19N3O2/c1-3-7-16-14-9-12(10-20-2)17-15(18-14)11-5-4-6-13(19)8-11/h4-6,8-9,19H,3,7,10H2,1-2H3,(H,16,17,18). The summed E-state index contributed by atoms with van der Waals surface area (Å²) in [6.45, 7) is 3.37. The van der Waals surface area contributed by atoms with Crippen LogP contribution in [0.15, 0.2) is 30.3 Å². The van der Waals surface area contributed by atoms with Crippen LogP contribution in [0.2, 0.25) is 0 Å². The van der Waals surface area contributed by atoms with Crippen molar-refractivity contribution in [3.63, 3.8) is 0 Å². The van der Waals surface area contributed by atoms with Crippen LogP contribution in [-0.4, -0.2) is 28.7 Å². The molecule has 0 fully saturated rings. The smallest absolute Gasteiger partial charge is 0.161 e. The van der Waals surface area contributed by atoms with Crippen LogP contribution in [0.25, 0.3) is 11.4 Å². The minimum Gasteiger partial charge on any atom is -0.508 e. The topological polar surface area (TPSA) is 67.3 Å². The number of aromatic hydroxyl groups is 1. The molecule has 2 N–H and O–H groups in total. The first-order valence-corrected chi connectivity index (χ1v) is 6.63. The molecule has 0 bridgehead atoms. The highest BCUT2D eigenvalue weighted by Gasteiger charge is 2.07. The van der Waals surface area contributed by atoms with Gasteiger partial charge in [-0.2, -0.15) is 0 Å². The van der Waals surface area contributed by atoms with Crippen molar-refractivity contribution in [2.75, 3.05) is 19.0 Å². The summed E-state index contributed by atoms with van der Waals surface area (Å²) >= 11 is 0. The Kier molecular flexibility index (Phi) is 4.90. The molecule has 0 radical (unpaired) electrons. The largest absolute Gasteiger partial charge is 0.508 e. The molecule has 0 aliphatic carbocycles. The van der Waals surface area contributed by atoms with Gasteiger partial charge in [-0.3, -0.25) is 0 Å². The summed E-state index contributed by atoms with van der Waals surface area (Å²) in [5, 5.41) is 12.8. The minimum atomic E-state index is 0.200. The van der Waals surface area contributed by atoms with E-state index in [0.29, 0.717) is 12.4 Å². The number of nitrogens with one attached hydrogen (secondary N) is 1. The second-order valence-corrected chi connectivity index (χ2v) is 4.48. The first-order chi connectivity index (χ1) is 9.72. The molecule has 0 aliphatic heterocycles. The van der Waals surface area contributed by atoms with Crippen LogP contribution in [0.1, 0.15) is 19.0 Å². The van der Waals surface area contributed by atoms with Crippen molar-refractivity contribution < 1.29 is 9.84 Å². The maximum absolute atomic E-state index is 9.56. The average Bonchev–Trinajstić information content (AvgIpc) is 2.45. The summed E-state index contributed by atoms with van der Waals surface area (Å²) in [5.41, 5.74) is 1.59. The Balaban J connectivity index is 2.37. The summed E-state index contributed by atoms with van der Waals surface area (Å²) in [6, 6.07) is 8.80. The summed E-state index contributed by atoms with van der Waals surface area (Å²) < 4.78 is 5.13. The molecular formula is C15H19N3O2. The first kappa shape index (κ1) is 14.3. The molecule has 2 rings (SSSR count). The van der Waals surface area contributed by atoms with E-state index in [0.717, 1.165) is 30.0 Å². The van der Waals surface area contributed by atoms with Gasteiger partial charge in [-0.1, -0.05) is 19.1 Å². The molecule has 5 heteroatoms. The average molecular weight is 273 g/mol. The minimum absolute atomic E-state index is 0.200. The number of rotatable bonds is 6. The Morgan fingerprint density at radius 1 is 1.25 bits per heavy atom. The van der Waals surface area contributed by atoms with Gasteiger partial charge in [0.05, 0.1) is 12.3 Å². The van der Waals surface area contributed by atoms with Gasteiger partial charge in [0.25, 0.3) is 0 Å². The summed E-state index contributed by atoms with van der Waals surface area (Å²) in [7, 11) is 1.63. The second kappa shape index (κ2) is 6.86. The number of anilines is 1. The third-order valence-electron chi connectivity index (χ3n) is 2.73. The Morgan fingerprint density at radius 3 is 2.80 bits per heavy atom. The van der Waals surface area contributed by atoms with Crippen molar-refractivity contribution in [1.29, 1.82) is 0 Å². The SMILES string of the molecule is CCCNc1cc(COC)nc(-c2cccc(O)c2)n1. The number of hydrogen-bond donors (Lipinski definition) is 2. The van der Waals surface area contributed by atoms with Crippen molar-refractivity contribution >= 4 is 5.82 Å². The molecule has 0 aliphatic rings. The van der Waals surface area contributed by atoms with Crippen LogP contribution in [0.5, 0.6) is 5.75 Å². The summed E-state index contributed by atoms with van der Waals surface area (Å²) in [5.74, 6) is 1.55. The van der Waals surface area contributed by atoms with E-state index >= 15 is 0 Å². The van der Waals surface area contributed by atoms with E-state index in [1.165, 1.54) is 0 Å². The Hall–Kier alpha value is -2.14. The molecule has 5 nitrogen and oxygen atoms in total. The fourth-order valence-corrected chi connectivity index (χ4v) is 1.84. The maximum atomic E-state index is 9.56. The third kappa shape index (κ3) is 3.68. The Labute approximate surface area is 118 Å². The van der Waals surface area contributed by atoms with Crippen LogP contribution in [0, 0.1) is 0 Å². The van der Waals surface area contributed by atoms with E-state index in [4.69, 9.17) is 4.74 Å². The van der Waals surface area contributed by atoms with E-state index in [-0.39, 0.29) is 5.75 Å². The monoisotopic (exact) mass is 273 g/mol. The number of nitrogens with zero attached hydrogens (tertiary/aromatic N) is 2. The molecule has 0 unspecified atom stereocenters. The number of methoxy groups -OCH3 is 1. The summed E-state index contributed by atoms with van der Waals surface area (Å²) in [6.07, 6.45) is 1.02. The second-order valence-electron chi connectivity index (χ2n) is 4.48. The molecule has 2 aromatic rings. The first-order valence-electron chi connectivity index (χ1n) is 6.63. The molecule has 106 valence electrons. The van der Waals surface area contributed by atoms with Crippen LogP contribution in [0.4, 0.5) is 5.82 Å². The van der Waals surface area contributed by atoms with Gasteiger partial charge in [0.2, 0.25) is 0 Å². The quantitative estimate of drug-likeness (QED) is 0.847. The van der Waals surface area contributed by atoms with Gasteiger partial charge in [-0.15, -0.1) is 0 Å². The molecule has 0 amide bonds. The molecule has 20 heavy (non-hydrogen) atoms. The number of ether oxygens (including phenoxy) is 1. The van der Waals surface area contributed by atoms with Gasteiger partial charge in [0.15, 0.2) is 5.82 Å². The zero-order valence-electron chi connectivity index (χ0n) is 11.8. The summed E-state index contributed by atoms with van der Waals surface area (Å²) in [4.78, 5) is 8.93. The van der Waals surface area contributed by atoms with Crippen molar-refractivity contribution in [3.8, 4) is 17.1 Å². The molecule has 0 saturated heterocycles. The molecule has 0 saturated carbocycles. The molecule has 0 spiro atoms. The van der Waals surface area contributed by atoms with E-state index in [1.54, 1.807) is 25.3 Å². The van der Waals surface area contributed by atoms with Gasteiger partial charge in [0, 0.05) is 25.3 Å². The van der Waals surface area contributed by atoms with Gasteiger partial charge < -0.3 is 15.2 Å². The molecular weight excluding hydrogens is 254 g/mol. The van der Waals surface area contributed by atoms with Crippen molar-refractivity contribution in [2.45, 2.75) is 20.0 Å². The lowest BCUT2D eigenvalue weighted by atomic mass is 10.2. The predicted octanol–water partition coefficient (Wildman–Crippen LogP) is 2.82. The lowest BCUT2D eigenvalue weighted by Crippen LogP contribution is -2.06. The molecule has 1 heterocycles. The van der Waals surface area contributed by atoms with E-state index in [9.17, 15) is 5.11 Å². The zero-order chi connectivity index (χ0) is 14.4. The van der Waals surface area contributed by atoms with Crippen LogP contribution in [-0.2, 0) is 11.3 Å². The molecule has 1 aromatic carbocycles. The number of benzene rings is 1. The highest BCUT2D eigenvalue weighted by Crippen LogP contribution is 2.22.